The summed E-state index contributed by atoms with van der Waals surface area (Å²) in [6.07, 6.45) is 11.0. The molecule has 0 unspecified atom stereocenters. The Morgan fingerprint density at radius 2 is 1.39 bits per heavy atom. The van der Waals surface area contributed by atoms with E-state index in [1.807, 2.05) is 0 Å². The van der Waals surface area contributed by atoms with Gasteiger partial charge in [-0.1, -0.05) is 57.8 Å². The molecule has 0 fully saturated rings. The normalized spacial score (nSPS) is 11.1. The summed E-state index contributed by atoms with van der Waals surface area (Å²) in [5.41, 5.74) is 2.58. The summed E-state index contributed by atoms with van der Waals surface area (Å²) >= 11 is 0. The molecule has 0 aromatic rings. The van der Waals surface area contributed by atoms with Crippen molar-refractivity contribution in [3.8, 4) is 11.6 Å². The topological polar surface area (TPSA) is 35.5 Å². The van der Waals surface area contributed by atoms with E-state index >= 15 is 0 Å². The van der Waals surface area contributed by atoms with Crippen molar-refractivity contribution in [2.24, 2.45) is 0 Å². The minimum atomic E-state index is -3.12. The van der Waals surface area contributed by atoms with Gasteiger partial charge >= 0.3 is 7.60 Å². The molecule has 0 spiro atoms. The molecule has 18 heavy (non-hydrogen) atoms. The SMILES string of the molecule is CCCCCCCCCCC#CP(=O)(OC)OC. The largest absolute Gasteiger partial charge is 0.405 e. The highest BCUT2D eigenvalue weighted by Gasteiger charge is 2.15. The van der Waals surface area contributed by atoms with Crippen LogP contribution < -0.4 is 0 Å². The molecule has 0 radical (unpaired) electrons. The van der Waals surface area contributed by atoms with Gasteiger partial charge in [0.15, 0.2) is 0 Å². The molecule has 0 aliphatic carbocycles. The summed E-state index contributed by atoms with van der Waals surface area (Å²) in [6, 6.07) is 0. The summed E-state index contributed by atoms with van der Waals surface area (Å²) < 4.78 is 21.0. The highest BCUT2D eigenvalue weighted by atomic mass is 31.2. The fourth-order valence-corrected chi connectivity index (χ4v) is 2.30. The number of unbranched alkanes of at least 4 members (excludes halogenated alkanes) is 8. The Morgan fingerprint density at radius 1 is 0.889 bits per heavy atom. The van der Waals surface area contributed by atoms with Crippen LogP contribution in [0.3, 0.4) is 0 Å². The molecule has 0 aromatic heterocycles. The van der Waals surface area contributed by atoms with E-state index < -0.39 is 7.60 Å². The van der Waals surface area contributed by atoms with E-state index in [4.69, 9.17) is 9.05 Å². The molecule has 0 rings (SSSR count). The van der Waals surface area contributed by atoms with Crippen molar-refractivity contribution in [1.82, 2.24) is 0 Å². The fraction of sp³-hybridized carbons (Fsp3) is 0.857. The monoisotopic (exact) mass is 274 g/mol. The van der Waals surface area contributed by atoms with E-state index in [0.717, 1.165) is 12.8 Å². The van der Waals surface area contributed by atoms with Gasteiger partial charge in [0.25, 0.3) is 0 Å². The lowest BCUT2D eigenvalue weighted by atomic mass is 10.1. The zero-order valence-electron chi connectivity index (χ0n) is 12.0. The predicted octanol–water partition coefficient (Wildman–Crippen LogP) is 4.96. The molecule has 4 heteroatoms. The van der Waals surface area contributed by atoms with Crippen LogP contribution in [0, 0.1) is 11.6 Å². The molecule has 0 atom stereocenters. The second kappa shape index (κ2) is 11.8. The third-order valence-electron chi connectivity index (χ3n) is 2.85. The Hall–Kier alpha value is -0.290. The Labute approximate surface area is 112 Å². The molecule has 0 aliphatic rings. The first-order valence-corrected chi connectivity index (χ1v) is 8.44. The second-order valence-electron chi connectivity index (χ2n) is 4.38. The van der Waals surface area contributed by atoms with Crippen molar-refractivity contribution >= 4 is 7.60 Å². The second-order valence-corrected chi connectivity index (χ2v) is 6.32. The minimum Gasteiger partial charge on any atom is -0.303 e. The van der Waals surface area contributed by atoms with Crippen molar-refractivity contribution in [3.63, 3.8) is 0 Å². The van der Waals surface area contributed by atoms with Crippen molar-refractivity contribution < 1.29 is 13.6 Å². The van der Waals surface area contributed by atoms with Gasteiger partial charge < -0.3 is 9.05 Å². The minimum absolute atomic E-state index is 0.770. The summed E-state index contributed by atoms with van der Waals surface area (Å²) in [4.78, 5) is 0. The van der Waals surface area contributed by atoms with Gasteiger partial charge in [-0.3, -0.25) is 0 Å². The molecule has 0 saturated carbocycles. The van der Waals surface area contributed by atoms with Crippen LogP contribution in [0.25, 0.3) is 0 Å². The lowest BCUT2D eigenvalue weighted by Crippen LogP contribution is -1.84. The Morgan fingerprint density at radius 3 is 1.89 bits per heavy atom. The fourth-order valence-electron chi connectivity index (χ4n) is 1.67. The highest BCUT2D eigenvalue weighted by molar-refractivity contribution is 7.59. The van der Waals surface area contributed by atoms with Gasteiger partial charge in [-0.25, -0.2) is 4.57 Å². The number of hydrogen-bond donors (Lipinski definition) is 0. The van der Waals surface area contributed by atoms with Crippen LogP contribution in [0.1, 0.15) is 64.7 Å². The molecule has 0 saturated heterocycles. The van der Waals surface area contributed by atoms with Crippen LogP contribution in [0.2, 0.25) is 0 Å². The van der Waals surface area contributed by atoms with E-state index in [-0.39, 0.29) is 0 Å². The van der Waals surface area contributed by atoms with Crippen molar-refractivity contribution in [3.05, 3.63) is 0 Å². The van der Waals surface area contributed by atoms with E-state index in [2.05, 4.69) is 18.5 Å². The van der Waals surface area contributed by atoms with Crippen LogP contribution in [0.4, 0.5) is 0 Å². The smallest absolute Gasteiger partial charge is 0.303 e. The molecular weight excluding hydrogens is 247 g/mol. The third-order valence-corrected chi connectivity index (χ3v) is 4.25. The van der Waals surface area contributed by atoms with Gasteiger partial charge in [0.1, 0.15) is 0 Å². The van der Waals surface area contributed by atoms with Crippen LogP contribution >= 0.6 is 7.60 Å². The first-order valence-electron chi connectivity index (χ1n) is 6.90. The van der Waals surface area contributed by atoms with Gasteiger partial charge in [-0.2, -0.15) is 0 Å². The predicted molar refractivity (Wildman–Crippen MR) is 76.6 cm³/mol. The van der Waals surface area contributed by atoms with E-state index in [1.165, 1.54) is 59.2 Å². The molecule has 106 valence electrons. The highest BCUT2D eigenvalue weighted by Crippen LogP contribution is 2.44. The maximum Gasteiger partial charge on any atom is 0.405 e. The third kappa shape index (κ3) is 9.71. The lowest BCUT2D eigenvalue weighted by Gasteiger charge is -2.04. The lowest BCUT2D eigenvalue weighted by molar-refractivity contribution is 0.288. The van der Waals surface area contributed by atoms with Crippen molar-refractivity contribution in [1.29, 1.82) is 0 Å². The molecular formula is C14H27O3P. The molecule has 0 heterocycles. The standard InChI is InChI=1S/C14H27O3P/c1-4-5-6-7-8-9-10-11-12-13-14-18(15,16-2)17-3/h4-12H2,1-3H3. The Bertz CT molecular complexity index is 283. The molecule has 0 aliphatic heterocycles. The van der Waals surface area contributed by atoms with Gasteiger partial charge in [0.2, 0.25) is 0 Å². The molecule has 0 aromatic carbocycles. The Balaban J connectivity index is 3.46. The zero-order chi connectivity index (χ0) is 13.7. The van der Waals surface area contributed by atoms with Gasteiger partial charge in [0, 0.05) is 26.3 Å². The summed E-state index contributed by atoms with van der Waals surface area (Å²) in [5.74, 6) is 2.88. The average Bonchev–Trinajstić information content (AvgIpc) is 2.40. The van der Waals surface area contributed by atoms with Crippen molar-refractivity contribution in [2.45, 2.75) is 64.7 Å². The molecule has 0 amide bonds. The first kappa shape index (κ1) is 17.7. The zero-order valence-corrected chi connectivity index (χ0v) is 12.9. The number of hydrogen-bond acceptors (Lipinski definition) is 3. The summed E-state index contributed by atoms with van der Waals surface area (Å²) in [5, 5.41) is 0. The van der Waals surface area contributed by atoms with E-state index in [0.29, 0.717) is 0 Å². The van der Waals surface area contributed by atoms with Crippen LogP contribution in [-0.2, 0) is 13.6 Å². The van der Waals surface area contributed by atoms with Crippen molar-refractivity contribution in [2.75, 3.05) is 14.2 Å². The van der Waals surface area contributed by atoms with Gasteiger partial charge in [0.05, 0.1) is 0 Å². The van der Waals surface area contributed by atoms with E-state index in [1.54, 1.807) is 0 Å². The van der Waals surface area contributed by atoms with Crippen LogP contribution in [0.15, 0.2) is 0 Å². The molecule has 0 N–H and O–H groups in total. The quantitative estimate of drug-likeness (QED) is 0.321. The maximum absolute atomic E-state index is 11.6. The van der Waals surface area contributed by atoms with Gasteiger partial charge in [-0.15, -0.1) is 0 Å². The average molecular weight is 274 g/mol. The summed E-state index contributed by atoms with van der Waals surface area (Å²) in [7, 11) is -0.403. The van der Waals surface area contributed by atoms with E-state index in [9.17, 15) is 4.57 Å². The maximum atomic E-state index is 11.6. The van der Waals surface area contributed by atoms with Crippen LogP contribution in [-0.4, -0.2) is 14.2 Å². The van der Waals surface area contributed by atoms with Crippen LogP contribution in [0.5, 0.6) is 0 Å². The summed E-state index contributed by atoms with van der Waals surface area (Å²) in [6.45, 7) is 2.23. The Kier molecular flexibility index (Phi) is 11.6. The first-order chi connectivity index (χ1) is 8.68. The molecule has 0 bridgehead atoms. The van der Waals surface area contributed by atoms with Gasteiger partial charge in [-0.05, 0) is 6.42 Å². The molecule has 3 nitrogen and oxygen atoms in total. The number of rotatable bonds is 10.